The number of anilines is 1. The number of alkyl halides is 3. The minimum Gasteiger partial charge on any atom is -0.490 e. The lowest BCUT2D eigenvalue weighted by atomic mass is 10.0. The number of sulfonamides is 1. The monoisotopic (exact) mass is 685 g/mol. The van der Waals surface area contributed by atoms with Gasteiger partial charge in [-0.3, -0.25) is 9.59 Å². The molecule has 1 aliphatic rings. The average Bonchev–Trinajstić information content (AvgIpc) is 3.01. The van der Waals surface area contributed by atoms with Crippen LogP contribution in [0.2, 0.25) is 0 Å². The third-order valence-corrected chi connectivity index (χ3v) is 9.97. The zero-order valence-corrected chi connectivity index (χ0v) is 28.4. The van der Waals surface area contributed by atoms with Crippen LogP contribution in [-0.4, -0.2) is 92.3 Å². The van der Waals surface area contributed by atoms with Gasteiger partial charge in [0.05, 0.1) is 41.7 Å². The van der Waals surface area contributed by atoms with Crippen LogP contribution in [-0.2, 0) is 19.6 Å². The normalized spacial score (nSPS) is 21.0. The van der Waals surface area contributed by atoms with Crippen LogP contribution in [0.1, 0.15) is 68.8 Å². The topological polar surface area (TPSA) is 125 Å². The first-order valence-electron chi connectivity index (χ1n) is 15.8. The summed E-state index contributed by atoms with van der Waals surface area (Å²) in [7, 11) is -2.36. The molecule has 0 aliphatic carbocycles. The number of aliphatic hydroxyl groups excluding tert-OH is 1. The fourth-order valence-corrected chi connectivity index (χ4v) is 6.37. The number of amides is 2. The van der Waals surface area contributed by atoms with Gasteiger partial charge >= 0.3 is 6.18 Å². The quantitative estimate of drug-likeness (QED) is 0.363. The minimum absolute atomic E-state index is 0.0110. The van der Waals surface area contributed by atoms with Gasteiger partial charge in [-0.1, -0.05) is 24.6 Å². The molecule has 0 bridgehead atoms. The first-order chi connectivity index (χ1) is 22.0. The lowest BCUT2D eigenvalue weighted by Gasteiger charge is -2.35. The lowest BCUT2D eigenvalue weighted by molar-refractivity contribution is -0.142. The molecule has 47 heavy (non-hydrogen) atoms. The molecule has 0 saturated carbocycles. The Morgan fingerprint density at radius 2 is 1.83 bits per heavy atom. The third-order valence-electron chi connectivity index (χ3n) is 8.14. The van der Waals surface area contributed by atoms with E-state index < -0.39 is 58.9 Å². The van der Waals surface area contributed by atoms with Crippen LogP contribution in [0.4, 0.5) is 18.9 Å². The van der Waals surface area contributed by atoms with Gasteiger partial charge in [0.15, 0.2) is 0 Å². The first kappa shape index (κ1) is 38.2. The Kier molecular flexibility index (Phi) is 13.6. The molecule has 1 heterocycles. The molecule has 0 spiro atoms. The SMILES string of the molecule is Cc1ccc(S(=O)(=O)N(C)C[C@@H]2OCCCC[C@H](C)Oc3ccc(NC(=O)CCC(F)(F)F)cc3C(=O)N([C@@H](C)CO)C[C@H]2C)cc1. The molecule has 0 unspecified atom stereocenters. The summed E-state index contributed by atoms with van der Waals surface area (Å²) in [6.45, 7) is 7.26. The molecule has 0 radical (unpaired) electrons. The summed E-state index contributed by atoms with van der Waals surface area (Å²) in [5.74, 6) is -1.57. The van der Waals surface area contributed by atoms with E-state index in [1.807, 2.05) is 20.8 Å². The smallest absolute Gasteiger partial charge is 0.389 e. The molecule has 4 atom stereocenters. The molecule has 2 aromatic carbocycles. The third kappa shape index (κ3) is 11.2. The number of nitrogens with zero attached hydrogens (tertiary/aromatic N) is 2. The number of nitrogens with one attached hydrogen (secondary N) is 1. The molecule has 0 fully saturated rings. The maximum Gasteiger partial charge on any atom is 0.389 e. The molecule has 0 aromatic heterocycles. The van der Waals surface area contributed by atoms with Gasteiger partial charge in [-0.25, -0.2) is 8.42 Å². The van der Waals surface area contributed by atoms with Crippen molar-refractivity contribution in [1.82, 2.24) is 9.21 Å². The van der Waals surface area contributed by atoms with Crippen molar-refractivity contribution in [2.24, 2.45) is 5.92 Å². The van der Waals surface area contributed by atoms with Gasteiger partial charge in [-0.2, -0.15) is 17.5 Å². The standard InChI is InChI=1S/C33H46F3N3O7S/c1-22-9-12-27(13-10-22)47(43,44)38(5)20-30-23(2)19-39(24(3)21-40)32(42)28-18-26(37-31(41)15-16-33(34,35)36)11-14-29(28)46-25(4)8-6-7-17-45-30/h9-14,18,23-25,30,40H,6-8,15-17,19-21H2,1-5H3,(H,37,41)/t23-,24+,25+,30+/m1/s1. The number of ether oxygens (including phenoxy) is 2. The van der Waals surface area contributed by atoms with Crippen LogP contribution in [0.15, 0.2) is 47.4 Å². The van der Waals surface area contributed by atoms with Crippen molar-refractivity contribution in [3.8, 4) is 5.75 Å². The maximum atomic E-state index is 14.2. The van der Waals surface area contributed by atoms with E-state index in [2.05, 4.69) is 5.32 Å². The number of hydrogen-bond acceptors (Lipinski definition) is 7. The Morgan fingerprint density at radius 1 is 1.15 bits per heavy atom. The van der Waals surface area contributed by atoms with E-state index in [9.17, 15) is 36.3 Å². The zero-order valence-electron chi connectivity index (χ0n) is 27.5. The Morgan fingerprint density at radius 3 is 2.47 bits per heavy atom. The lowest BCUT2D eigenvalue weighted by Crippen LogP contribution is -2.48. The summed E-state index contributed by atoms with van der Waals surface area (Å²) in [5, 5.41) is 12.6. The van der Waals surface area contributed by atoms with Crippen molar-refractivity contribution in [2.45, 2.75) is 89.1 Å². The van der Waals surface area contributed by atoms with Crippen LogP contribution in [0.3, 0.4) is 0 Å². The number of carbonyl (C=O) groups excluding carboxylic acids is 2. The summed E-state index contributed by atoms with van der Waals surface area (Å²) >= 11 is 0. The van der Waals surface area contributed by atoms with E-state index in [4.69, 9.17) is 9.47 Å². The molecule has 0 saturated heterocycles. The maximum absolute atomic E-state index is 14.2. The summed E-state index contributed by atoms with van der Waals surface area (Å²) < 4.78 is 78.4. The molecule has 2 amide bonds. The van der Waals surface area contributed by atoms with E-state index in [0.29, 0.717) is 19.4 Å². The van der Waals surface area contributed by atoms with Gasteiger partial charge in [-0.05, 0) is 70.4 Å². The number of fused-ring (bicyclic) bond motifs is 1. The molecular formula is C33H46F3N3O7S. The number of benzene rings is 2. The molecule has 1 aliphatic heterocycles. The highest BCUT2D eigenvalue weighted by Crippen LogP contribution is 2.29. The summed E-state index contributed by atoms with van der Waals surface area (Å²) in [6.07, 6.45) is -5.46. The predicted molar refractivity (Wildman–Crippen MR) is 172 cm³/mol. The van der Waals surface area contributed by atoms with Crippen molar-refractivity contribution >= 4 is 27.5 Å². The molecule has 2 aromatic rings. The largest absolute Gasteiger partial charge is 0.490 e. The van der Waals surface area contributed by atoms with Gasteiger partial charge in [0.25, 0.3) is 5.91 Å². The second kappa shape index (κ2) is 16.8. The number of aryl methyl sites for hydroxylation is 1. The summed E-state index contributed by atoms with van der Waals surface area (Å²) in [5.41, 5.74) is 1.11. The van der Waals surface area contributed by atoms with Crippen LogP contribution in [0, 0.1) is 12.8 Å². The Hall–Kier alpha value is -3.20. The average molecular weight is 686 g/mol. The van der Waals surface area contributed by atoms with Crippen molar-refractivity contribution < 1.29 is 45.8 Å². The minimum atomic E-state index is -4.49. The molecule has 10 nitrogen and oxygen atoms in total. The molecule has 3 rings (SSSR count). The van der Waals surface area contributed by atoms with E-state index in [1.165, 1.54) is 34.5 Å². The number of rotatable bonds is 9. The van der Waals surface area contributed by atoms with Gasteiger partial charge < -0.3 is 24.8 Å². The van der Waals surface area contributed by atoms with Crippen molar-refractivity contribution in [1.29, 1.82) is 0 Å². The van der Waals surface area contributed by atoms with Crippen LogP contribution < -0.4 is 10.1 Å². The van der Waals surface area contributed by atoms with Gasteiger partial charge in [0.1, 0.15) is 5.75 Å². The second-order valence-corrected chi connectivity index (χ2v) is 14.3. The predicted octanol–water partition coefficient (Wildman–Crippen LogP) is 5.39. The molecule has 2 N–H and O–H groups in total. The second-order valence-electron chi connectivity index (χ2n) is 12.3. The van der Waals surface area contributed by atoms with Crippen molar-refractivity contribution in [2.75, 3.05) is 38.7 Å². The number of halogens is 3. The van der Waals surface area contributed by atoms with Gasteiger partial charge in [-0.15, -0.1) is 0 Å². The van der Waals surface area contributed by atoms with Crippen molar-refractivity contribution in [3.63, 3.8) is 0 Å². The molecule has 14 heteroatoms. The number of hydrogen-bond donors (Lipinski definition) is 2. The first-order valence-corrected chi connectivity index (χ1v) is 17.2. The molecule has 262 valence electrons. The van der Waals surface area contributed by atoms with Gasteiger partial charge in [0, 0.05) is 44.8 Å². The van der Waals surface area contributed by atoms with Crippen molar-refractivity contribution in [3.05, 3.63) is 53.6 Å². The highest BCUT2D eigenvalue weighted by molar-refractivity contribution is 7.89. The number of aliphatic hydroxyl groups is 1. The number of likely N-dealkylation sites (N-methyl/N-ethyl adjacent to an activating group) is 1. The fourth-order valence-electron chi connectivity index (χ4n) is 5.18. The van der Waals surface area contributed by atoms with E-state index >= 15 is 0 Å². The van der Waals surface area contributed by atoms with E-state index in [-0.39, 0.29) is 47.7 Å². The van der Waals surface area contributed by atoms with E-state index in [0.717, 1.165) is 12.0 Å². The van der Waals surface area contributed by atoms with Gasteiger partial charge in [0.2, 0.25) is 15.9 Å². The highest BCUT2D eigenvalue weighted by atomic mass is 32.2. The number of carbonyl (C=O) groups is 2. The zero-order chi connectivity index (χ0) is 34.9. The van der Waals surface area contributed by atoms with Crippen LogP contribution in [0.25, 0.3) is 0 Å². The fraction of sp³-hybridized carbons (Fsp3) is 0.576. The van der Waals surface area contributed by atoms with Crippen LogP contribution >= 0.6 is 0 Å². The molecular weight excluding hydrogens is 639 g/mol. The summed E-state index contributed by atoms with van der Waals surface area (Å²) in [4.78, 5) is 28.0. The highest BCUT2D eigenvalue weighted by Gasteiger charge is 2.33. The Balaban J connectivity index is 1.94. The van der Waals surface area contributed by atoms with Crippen LogP contribution in [0.5, 0.6) is 5.75 Å². The summed E-state index contributed by atoms with van der Waals surface area (Å²) in [6, 6.07) is 10.2. The Bertz CT molecular complexity index is 1450. The van der Waals surface area contributed by atoms with E-state index in [1.54, 1.807) is 31.2 Å². The Labute approximate surface area is 275 Å².